The van der Waals surface area contributed by atoms with Crippen LogP contribution in [0.25, 0.3) is 16.8 Å². The minimum absolute atomic E-state index is 0.146. The number of benzene rings is 1. The predicted octanol–water partition coefficient (Wildman–Crippen LogP) is 3.81. The van der Waals surface area contributed by atoms with Crippen LogP contribution in [0.3, 0.4) is 0 Å². The number of nitrogens with two attached hydrogens (primary N) is 1. The summed E-state index contributed by atoms with van der Waals surface area (Å²) in [6.45, 7) is 4.64. The van der Waals surface area contributed by atoms with Crippen molar-refractivity contribution in [3.8, 4) is 17.0 Å². The van der Waals surface area contributed by atoms with Gasteiger partial charge in [-0.25, -0.2) is 15.0 Å². The first-order chi connectivity index (χ1) is 20.1. The van der Waals surface area contributed by atoms with Crippen LogP contribution >= 0.6 is 0 Å². The third-order valence-corrected chi connectivity index (χ3v) is 7.52. The van der Waals surface area contributed by atoms with Gasteiger partial charge in [-0.1, -0.05) is 0 Å². The minimum atomic E-state index is -4.57. The van der Waals surface area contributed by atoms with Crippen molar-refractivity contribution in [2.45, 2.75) is 31.3 Å². The first-order valence-electron chi connectivity index (χ1n) is 13.2. The zero-order valence-corrected chi connectivity index (χ0v) is 22.8. The van der Waals surface area contributed by atoms with Crippen LogP contribution in [0.15, 0.2) is 48.9 Å². The van der Waals surface area contributed by atoms with Gasteiger partial charge in [0, 0.05) is 42.3 Å². The lowest BCUT2D eigenvalue weighted by atomic mass is 10.1. The maximum Gasteiger partial charge on any atom is 0.416 e. The molecule has 1 aromatic carbocycles. The molecule has 0 radical (unpaired) electrons. The number of carbonyl (C=O) groups excluding carboxylic acids is 1. The quantitative estimate of drug-likeness (QED) is 0.348. The van der Waals surface area contributed by atoms with Gasteiger partial charge in [0.25, 0.3) is 5.91 Å². The molecule has 0 aliphatic carbocycles. The summed E-state index contributed by atoms with van der Waals surface area (Å²) in [5, 5.41) is 2.41. The number of morpholine rings is 1. The van der Waals surface area contributed by atoms with Crippen LogP contribution in [0.1, 0.15) is 34.8 Å². The van der Waals surface area contributed by atoms with Gasteiger partial charge in [-0.15, -0.1) is 0 Å². The fourth-order valence-electron chi connectivity index (χ4n) is 5.25. The number of nitrogen functional groups attached to an aromatic ring is 1. The number of ether oxygens (including phenoxy) is 3. The molecule has 0 bridgehead atoms. The Morgan fingerprint density at radius 2 is 1.95 bits per heavy atom. The van der Waals surface area contributed by atoms with E-state index in [1.54, 1.807) is 18.5 Å². The smallest absolute Gasteiger partial charge is 0.416 e. The van der Waals surface area contributed by atoms with Gasteiger partial charge in [0.05, 0.1) is 38.5 Å². The Bertz CT molecular complexity index is 1640. The third kappa shape index (κ3) is 5.12. The lowest BCUT2D eigenvalue weighted by Gasteiger charge is -2.45. The molecule has 2 aliphatic heterocycles. The zero-order chi connectivity index (χ0) is 29.6. The van der Waals surface area contributed by atoms with E-state index in [-0.39, 0.29) is 29.3 Å². The normalized spacial score (nSPS) is 19.9. The van der Waals surface area contributed by atoms with Gasteiger partial charge in [-0.2, -0.15) is 13.2 Å². The standard InChI is InChI=1S/C28H28F3N7O4/c1-15-12-42-21(11-38(15)18-13-41-14-18)26-36-23(24-25(32)34-7-8-37(24)26)19-4-3-16(9-20(19)40-2)27(39)35-22-10-17(5-6-33-22)28(29,30)31/h3-10,15,18,21H,11-14H2,1-2H3,(H2,32,34)(H,33,35,39)/t15-,21+/m0/s1. The number of fused-ring (bicyclic) bond motifs is 1. The van der Waals surface area contributed by atoms with Gasteiger partial charge in [-0.3, -0.25) is 14.1 Å². The van der Waals surface area contributed by atoms with E-state index in [2.05, 4.69) is 27.1 Å². The highest BCUT2D eigenvalue weighted by Crippen LogP contribution is 2.38. The van der Waals surface area contributed by atoms with E-state index in [9.17, 15) is 18.0 Å². The number of nitrogens with one attached hydrogen (secondary N) is 1. The highest BCUT2D eigenvalue weighted by atomic mass is 19.4. The van der Waals surface area contributed by atoms with Gasteiger partial charge < -0.3 is 25.3 Å². The van der Waals surface area contributed by atoms with E-state index >= 15 is 0 Å². The van der Waals surface area contributed by atoms with Crippen LogP contribution < -0.4 is 15.8 Å². The average molecular weight is 584 g/mol. The Morgan fingerprint density at radius 1 is 1.14 bits per heavy atom. The second-order valence-corrected chi connectivity index (χ2v) is 10.2. The molecule has 2 aliphatic rings. The summed E-state index contributed by atoms with van der Waals surface area (Å²) in [7, 11) is 1.44. The lowest BCUT2D eigenvalue weighted by molar-refractivity contribution is -0.138. The number of pyridine rings is 1. The number of hydrogen-bond donors (Lipinski definition) is 2. The molecule has 11 nitrogen and oxygen atoms in total. The molecular formula is C28H28F3N7O4. The van der Waals surface area contributed by atoms with Crippen LogP contribution in [0.5, 0.6) is 5.75 Å². The van der Waals surface area contributed by atoms with E-state index < -0.39 is 17.6 Å². The summed E-state index contributed by atoms with van der Waals surface area (Å²) < 4.78 is 58.4. The Kier molecular flexibility index (Phi) is 7.20. The van der Waals surface area contributed by atoms with Gasteiger partial charge in [0.2, 0.25) is 0 Å². The molecule has 3 N–H and O–H groups in total. The summed E-state index contributed by atoms with van der Waals surface area (Å²) in [6, 6.07) is 6.81. The Balaban J connectivity index is 1.33. The highest BCUT2D eigenvalue weighted by Gasteiger charge is 2.37. The Hall–Kier alpha value is -4.27. The molecule has 2 saturated heterocycles. The van der Waals surface area contributed by atoms with E-state index in [4.69, 9.17) is 24.9 Å². The molecule has 5 heterocycles. The number of nitrogens with zero attached hydrogens (tertiary/aromatic N) is 5. The number of aromatic nitrogens is 4. The monoisotopic (exact) mass is 583 g/mol. The summed E-state index contributed by atoms with van der Waals surface area (Å²) in [5.74, 6) is 0.310. The van der Waals surface area contributed by atoms with Gasteiger partial charge >= 0.3 is 6.18 Å². The number of anilines is 2. The van der Waals surface area contributed by atoms with Crippen molar-refractivity contribution in [3.05, 3.63) is 65.9 Å². The number of amides is 1. The Morgan fingerprint density at radius 3 is 2.67 bits per heavy atom. The molecule has 4 aromatic rings. The van der Waals surface area contributed by atoms with Crippen molar-refractivity contribution in [2.24, 2.45) is 0 Å². The SMILES string of the molecule is COc1cc(C(=O)Nc2cc(C(F)(F)F)ccn2)ccc1-c1nc([C@H]2CN(C3COC3)[C@@H](C)CO2)n2ccnc(N)c12. The largest absolute Gasteiger partial charge is 0.496 e. The molecule has 220 valence electrons. The van der Waals surface area contributed by atoms with Crippen molar-refractivity contribution in [1.82, 2.24) is 24.3 Å². The molecule has 1 amide bonds. The van der Waals surface area contributed by atoms with E-state index in [1.807, 2.05) is 4.40 Å². The Labute approximate surface area is 238 Å². The maximum atomic E-state index is 13.1. The molecule has 2 atom stereocenters. The zero-order valence-electron chi connectivity index (χ0n) is 22.8. The van der Waals surface area contributed by atoms with Crippen LogP contribution in [0, 0.1) is 0 Å². The average Bonchev–Trinajstić information content (AvgIpc) is 3.33. The molecule has 0 spiro atoms. The van der Waals surface area contributed by atoms with E-state index in [0.717, 1.165) is 18.3 Å². The molecule has 2 fully saturated rings. The summed E-state index contributed by atoms with van der Waals surface area (Å²) in [4.78, 5) is 28.4. The van der Waals surface area contributed by atoms with Crippen LogP contribution in [0.2, 0.25) is 0 Å². The molecule has 0 unspecified atom stereocenters. The van der Waals surface area contributed by atoms with Gasteiger partial charge in [-0.05, 0) is 37.3 Å². The lowest BCUT2D eigenvalue weighted by Crippen LogP contribution is -2.57. The third-order valence-electron chi connectivity index (χ3n) is 7.52. The van der Waals surface area contributed by atoms with Crippen LogP contribution in [-0.2, 0) is 15.7 Å². The number of halogens is 3. The van der Waals surface area contributed by atoms with E-state index in [1.165, 1.54) is 19.2 Å². The minimum Gasteiger partial charge on any atom is -0.496 e. The van der Waals surface area contributed by atoms with Crippen molar-refractivity contribution in [2.75, 3.05) is 44.5 Å². The molecule has 3 aromatic heterocycles. The van der Waals surface area contributed by atoms with Crippen molar-refractivity contribution in [1.29, 1.82) is 0 Å². The van der Waals surface area contributed by atoms with E-state index in [0.29, 0.717) is 60.8 Å². The number of alkyl halides is 3. The predicted molar refractivity (Wildman–Crippen MR) is 146 cm³/mol. The number of carbonyl (C=O) groups is 1. The van der Waals surface area contributed by atoms with Crippen molar-refractivity contribution >= 4 is 23.1 Å². The van der Waals surface area contributed by atoms with Gasteiger partial charge in [0.15, 0.2) is 0 Å². The first-order valence-corrected chi connectivity index (χ1v) is 13.2. The van der Waals surface area contributed by atoms with Crippen molar-refractivity contribution in [3.63, 3.8) is 0 Å². The summed E-state index contributed by atoms with van der Waals surface area (Å²) in [6.07, 6.45) is -0.571. The molecule has 0 saturated carbocycles. The number of hydrogen-bond acceptors (Lipinski definition) is 9. The fourth-order valence-corrected chi connectivity index (χ4v) is 5.25. The topological polar surface area (TPSA) is 129 Å². The van der Waals surface area contributed by atoms with Crippen LogP contribution in [0.4, 0.5) is 24.8 Å². The highest BCUT2D eigenvalue weighted by molar-refractivity contribution is 6.04. The van der Waals surface area contributed by atoms with Crippen LogP contribution in [-0.4, -0.2) is 75.7 Å². The summed E-state index contributed by atoms with van der Waals surface area (Å²) in [5.41, 5.74) is 7.14. The summed E-state index contributed by atoms with van der Waals surface area (Å²) >= 11 is 0. The van der Waals surface area contributed by atoms with Gasteiger partial charge in [0.1, 0.15) is 40.5 Å². The number of methoxy groups -OCH3 is 1. The second kappa shape index (κ2) is 10.9. The molecule has 14 heteroatoms. The molecular weight excluding hydrogens is 555 g/mol. The molecule has 42 heavy (non-hydrogen) atoms. The fraction of sp³-hybridized carbons (Fsp3) is 0.357. The number of imidazole rings is 1. The first kappa shape index (κ1) is 27.9. The second-order valence-electron chi connectivity index (χ2n) is 10.2. The number of rotatable bonds is 6. The molecule has 6 rings (SSSR count). The van der Waals surface area contributed by atoms with Crippen molar-refractivity contribution < 1.29 is 32.2 Å². The maximum absolute atomic E-state index is 13.1.